The van der Waals surface area contributed by atoms with Crippen LogP contribution in [0, 0.1) is 0 Å². The number of aliphatic carboxylic acids is 2. The molecule has 4 atom stereocenters. The van der Waals surface area contributed by atoms with Crippen molar-refractivity contribution in [2.75, 3.05) is 5.75 Å². The van der Waals surface area contributed by atoms with Crippen molar-refractivity contribution in [1.82, 2.24) is 10.6 Å². The van der Waals surface area contributed by atoms with Gasteiger partial charge in [-0.3, -0.25) is 14.4 Å². The van der Waals surface area contributed by atoms with Crippen LogP contribution in [0.15, 0.2) is 0 Å². The lowest BCUT2D eigenvalue weighted by atomic mass is 10.1. The zero-order valence-electron chi connectivity index (χ0n) is 11.7. The number of thiol groups is 1. The molecule has 0 aromatic heterocycles. The summed E-state index contributed by atoms with van der Waals surface area (Å²) in [7, 11) is 0. The monoisotopic (exact) mass is 337 g/mol. The summed E-state index contributed by atoms with van der Waals surface area (Å²) in [5.74, 6) is -4.69. The Morgan fingerprint density at radius 3 is 2.05 bits per heavy atom. The molecule has 0 bridgehead atoms. The summed E-state index contributed by atoms with van der Waals surface area (Å²) in [6.07, 6.45) is -1.98. The molecule has 0 aromatic rings. The standard InChI is InChI=1S/C11H19N3O7S/c1-4(15)8(11(20)21)14-10(19)6(3-22)13-9(18)5(12)2-7(16)17/h4-6,8,15,22H,2-3,12H2,1H3,(H,13,18)(H,14,19)(H,16,17)(H,20,21). The fraction of sp³-hybridized carbons (Fsp3) is 0.636. The van der Waals surface area contributed by atoms with Crippen LogP contribution in [0.25, 0.3) is 0 Å². The number of hydrogen-bond acceptors (Lipinski definition) is 7. The van der Waals surface area contributed by atoms with Crippen LogP contribution in [0.3, 0.4) is 0 Å². The van der Waals surface area contributed by atoms with Crippen molar-refractivity contribution < 1.29 is 34.5 Å². The van der Waals surface area contributed by atoms with E-state index in [9.17, 15) is 24.3 Å². The van der Waals surface area contributed by atoms with E-state index in [1.165, 1.54) is 6.92 Å². The second kappa shape index (κ2) is 9.23. The summed E-state index contributed by atoms with van der Waals surface area (Å²) in [6.45, 7) is 1.18. The van der Waals surface area contributed by atoms with Crippen LogP contribution >= 0.6 is 12.6 Å². The van der Waals surface area contributed by atoms with Crippen LogP contribution in [0.1, 0.15) is 13.3 Å². The molecule has 10 nitrogen and oxygen atoms in total. The van der Waals surface area contributed by atoms with Gasteiger partial charge in [0.25, 0.3) is 0 Å². The third-order valence-electron chi connectivity index (χ3n) is 2.59. The lowest BCUT2D eigenvalue weighted by Crippen LogP contribution is -2.57. The lowest BCUT2D eigenvalue weighted by molar-refractivity contribution is -0.145. The smallest absolute Gasteiger partial charge is 0.328 e. The van der Waals surface area contributed by atoms with Crippen molar-refractivity contribution >= 4 is 36.4 Å². The van der Waals surface area contributed by atoms with E-state index in [2.05, 4.69) is 17.9 Å². The summed E-state index contributed by atoms with van der Waals surface area (Å²) in [5.41, 5.74) is 5.34. The number of carboxylic acid groups (broad SMARTS) is 2. The Kier molecular flexibility index (Phi) is 8.45. The number of nitrogens with one attached hydrogen (secondary N) is 2. The molecule has 0 aliphatic carbocycles. The van der Waals surface area contributed by atoms with Gasteiger partial charge in [-0.2, -0.15) is 12.6 Å². The summed E-state index contributed by atoms with van der Waals surface area (Å²) in [4.78, 5) is 44.8. The van der Waals surface area contributed by atoms with Crippen molar-refractivity contribution in [3.05, 3.63) is 0 Å². The van der Waals surface area contributed by atoms with Crippen molar-refractivity contribution in [2.24, 2.45) is 5.73 Å². The van der Waals surface area contributed by atoms with Crippen molar-refractivity contribution in [3.63, 3.8) is 0 Å². The first-order valence-corrected chi connectivity index (χ1v) is 6.83. The minimum atomic E-state index is -1.56. The summed E-state index contributed by atoms with van der Waals surface area (Å²) >= 11 is 3.85. The van der Waals surface area contributed by atoms with Crippen LogP contribution in [-0.2, 0) is 19.2 Å². The SMILES string of the molecule is CC(O)C(NC(=O)C(CS)NC(=O)C(N)CC(=O)O)C(=O)O. The Balaban J connectivity index is 4.75. The van der Waals surface area contributed by atoms with Gasteiger partial charge >= 0.3 is 11.9 Å². The first kappa shape index (κ1) is 20.1. The molecule has 22 heavy (non-hydrogen) atoms. The molecule has 0 rings (SSSR count). The van der Waals surface area contributed by atoms with Crippen molar-refractivity contribution in [1.29, 1.82) is 0 Å². The molecule has 0 fully saturated rings. The average Bonchev–Trinajstić information content (AvgIpc) is 2.39. The van der Waals surface area contributed by atoms with E-state index in [1.54, 1.807) is 0 Å². The molecule has 0 radical (unpaired) electrons. The van der Waals surface area contributed by atoms with Gasteiger partial charge in [-0.1, -0.05) is 0 Å². The Morgan fingerprint density at radius 2 is 1.68 bits per heavy atom. The molecular weight excluding hydrogens is 318 g/mol. The molecule has 0 saturated carbocycles. The van der Waals surface area contributed by atoms with E-state index < -0.39 is 54.4 Å². The first-order chi connectivity index (χ1) is 10.1. The summed E-state index contributed by atoms with van der Waals surface area (Å²) in [5, 5.41) is 30.9. The van der Waals surface area contributed by atoms with E-state index in [0.717, 1.165) is 0 Å². The highest BCUT2D eigenvalue weighted by molar-refractivity contribution is 7.80. The zero-order chi connectivity index (χ0) is 17.4. The van der Waals surface area contributed by atoms with E-state index in [-0.39, 0.29) is 5.75 Å². The number of nitrogens with two attached hydrogens (primary N) is 1. The first-order valence-electron chi connectivity index (χ1n) is 6.20. The number of carbonyl (C=O) groups excluding carboxylic acids is 2. The van der Waals surface area contributed by atoms with Crippen LogP contribution in [0.5, 0.6) is 0 Å². The summed E-state index contributed by atoms with van der Waals surface area (Å²) < 4.78 is 0. The third-order valence-corrected chi connectivity index (χ3v) is 2.96. The number of hydrogen-bond donors (Lipinski definition) is 7. The van der Waals surface area contributed by atoms with E-state index in [0.29, 0.717) is 0 Å². The molecule has 0 spiro atoms. The van der Waals surface area contributed by atoms with Gasteiger partial charge < -0.3 is 31.7 Å². The highest BCUT2D eigenvalue weighted by Gasteiger charge is 2.30. The number of carboxylic acids is 2. The molecule has 2 amide bonds. The van der Waals surface area contributed by atoms with Crippen LogP contribution in [-0.4, -0.2) is 69.1 Å². The molecule has 126 valence electrons. The Labute approximate surface area is 131 Å². The minimum Gasteiger partial charge on any atom is -0.481 e. The number of aliphatic hydroxyl groups is 1. The molecule has 0 aliphatic heterocycles. The quantitative estimate of drug-likeness (QED) is 0.220. The zero-order valence-corrected chi connectivity index (χ0v) is 12.6. The third kappa shape index (κ3) is 6.74. The van der Waals surface area contributed by atoms with Gasteiger partial charge in [0.15, 0.2) is 6.04 Å². The normalized spacial score (nSPS) is 16.0. The number of amides is 2. The maximum Gasteiger partial charge on any atom is 0.328 e. The van der Waals surface area contributed by atoms with Gasteiger partial charge in [-0.25, -0.2) is 4.79 Å². The Hall–Kier alpha value is -1.85. The summed E-state index contributed by atoms with van der Waals surface area (Å²) in [6, 6.07) is -4.14. The largest absolute Gasteiger partial charge is 0.481 e. The van der Waals surface area contributed by atoms with E-state index in [1.807, 2.05) is 5.32 Å². The molecule has 7 N–H and O–H groups in total. The molecular formula is C11H19N3O7S. The molecule has 0 aliphatic rings. The number of rotatable bonds is 9. The Morgan fingerprint density at radius 1 is 1.14 bits per heavy atom. The fourth-order valence-corrected chi connectivity index (χ4v) is 1.65. The second-order valence-electron chi connectivity index (χ2n) is 4.51. The highest BCUT2D eigenvalue weighted by Crippen LogP contribution is 1.98. The number of aliphatic hydroxyl groups excluding tert-OH is 1. The van der Waals surface area contributed by atoms with Crippen LogP contribution in [0.2, 0.25) is 0 Å². The highest BCUT2D eigenvalue weighted by atomic mass is 32.1. The minimum absolute atomic E-state index is 0.177. The van der Waals surface area contributed by atoms with Crippen LogP contribution < -0.4 is 16.4 Å². The maximum atomic E-state index is 11.9. The molecule has 0 aromatic carbocycles. The van der Waals surface area contributed by atoms with Crippen molar-refractivity contribution in [3.8, 4) is 0 Å². The predicted molar refractivity (Wildman–Crippen MR) is 77.3 cm³/mol. The maximum absolute atomic E-state index is 11.9. The topological polar surface area (TPSA) is 179 Å². The molecule has 4 unspecified atom stereocenters. The van der Waals surface area contributed by atoms with E-state index in [4.69, 9.17) is 15.9 Å². The lowest BCUT2D eigenvalue weighted by Gasteiger charge is -2.22. The number of carbonyl (C=O) groups is 4. The molecule has 11 heteroatoms. The molecule has 0 saturated heterocycles. The fourth-order valence-electron chi connectivity index (χ4n) is 1.40. The van der Waals surface area contributed by atoms with Gasteiger partial charge in [0.2, 0.25) is 11.8 Å². The molecule has 0 heterocycles. The van der Waals surface area contributed by atoms with Gasteiger partial charge in [0, 0.05) is 5.75 Å². The van der Waals surface area contributed by atoms with Gasteiger partial charge in [-0.05, 0) is 6.92 Å². The average molecular weight is 337 g/mol. The van der Waals surface area contributed by atoms with Gasteiger partial charge in [0.1, 0.15) is 6.04 Å². The van der Waals surface area contributed by atoms with Crippen LogP contribution in [0.4, 0.5) is 0 Å². The van der Waals surface area contributed by atoms with Gasteiger partial charge in [-0.15, -0.1) is 0 Å². The Bertz CT molecular complexity index is 443. The predicted octanol–water partition coefficient (Wildman–Crippen LogP) is -2.85. The van der Waals surface area contributed by atoms with Crippen molar-refractivity contribution in [2.45, 2.75) is 37.6 Å². The second-order valence-corrected chi connectivity index (χ2v) is 4.88. The van der Waals surface area contributed by atoms with Gasteiger partial charge in [0.05, 0.1) is 18.6 Å². The van der Waals surface area contributed by atoms with E-state index >= 15 is 0 Å².